The second kappa shape index (κ2) is 5.40. The van der Waals surface area contributed by atoms with Gasteiger partial charge in [0.1, 0.15) is 4.88 Å². The molecule has 1 aliphatic rings. The van der Waals surface area contributed by atoms with Gasteiger partial charge in [-0.15, -0.1) is 11.3 Å². The quantitative estimate of drug-likeness (QED) is 0.817. The number of aromatic carboxylic acids is 1. The summed E-state index contributed by atoms with van der Waals surface area (Å²) in [7, 11) is 0. The summed E-state index contributed by atoms with van der Waals surface area (Å²) >= 11 is 1.26. The normalized spacial score (nSPS) is 17.5. The van der Waals surface area contributed by atoms with Crippen molar-refractivity contribution in [3.05, 3.63) is 21.9 Å². The lowest BCUT2D eigenvalue weighted by atomic mass is 10.2. The van der Waals surface area contributed by atoms with Gasteiger partial charge in [0.15, 0.2) is 0 Å². The van der Waals surface area contributed by atoms with Gasteiger partial charge in [-0.1, -0.05) is 0 Å². The third kappa shape index (κ3) is 2.79. The van der Waals surface area contributed by atoms with Gasteiger partial charge in [0.25, 0.3) is 0 Å². The minimum absolute atomic E-state index is 0.417. The van der Waals surface area contributed by atoms with Crippen LogP contribution in [0.3, 0.4) is 0 Å². The molecular formula is C10H14N2O3S. The minimum atomic E-state index is -0.853. The van der Waals surface area contributed by atoms with Crippen molar-refractivity contribution in [2.45, 2.75) is 6.54 Å². The van der Waals surface area contributed by atoms with Crippen LogP contribution >= 0.6 is 11.3 Å². The number of carbonyl (C=O) groups is 1. The second-order valence-corrected chi connectivity index (χ2v) is 4.43. The molecule has 0 aliphatic carbocycles. The summed E-state index contributed by atoms with van der Waals surface area (Å²) in [6.45, 7) is 3.69. The lowest BCUT2D eigenvalue weighted by molar-refractivity contribution is 0.0105. The first-order valence-electron chi connectivity index (χ1n) is 5.13. The van der Waals surface area contributed by atoms with E-state index in [1.165, 1.54) is 11.3 Å². The van der Waals surface area contributed by atoms with E-state index in [1.807, 2.05) is 6.07 Å². The fourth-order valence-electron chi connectivity index (χ4n) is 1.58. The van der Waals surface area contributed by atoms with Crippen LogP contribution in [0.4, 0.5) is 0 Å². The Balaban J connectivity index is 1.88. The van der Waals surface area contributed by atoms with Crippen LogP contribution in [0.2, 0.25) is 0 Å². The van der Waals surface area contributed by atoms with Gasteiger partial charge in [-0.3, -0.25) is 5.43 Å². The molecule has 1 fully saturated rings. The second-order valence-electron chi connectivity index (χ2n) is 3.51. The van der Waals surface area contributed by atoms with Crippen molar-refractivity contribution >= 4 is 17.3 Å². The van der Waals surface area contributed by atoms with Gasteiger partial charge in [0, 0.05) is 19.6 Å². The number of hydrogen-bond donors (Lipinski definition) is 2. The van der Waals surface area contributed by atoms with Crippen LogP contribution in [-0.4, -0.2) is 42.4 Å². The zero-order valence-corrected chi connectivity index (χ0v) is 9.63. The van der Waals surface area contributed by atoms with Crippen LogP contribution in [0.1, 0.15) is 15.2 Å². The number of nitrogens with one attached hydrogen (secondary N) is 1. The van der Waals surface area contributed by atoms with Crippen LogP contribution in [0.25, 0.3) is 0 Å². The van der Waals surface area contributed by atoms with Crippen LogP contribution in [-0.2, 0) is 11.3 Å². The van der Waals surface area contributed by atoms with Crippen molar-refractivity contribution in [1.82, 2.24) is 10.4 Å². The first-order chi connectivity index (χ1) is 7.77. The summed E-state index contributed by atoms with van der Waals surface area (Å²) in [5.41, 5.74) is 4.05. The fourth-order valence-corrected chi connectivity index (χ4v) is 2.34. The standard InChI is InChI=1S/C10H14N2O3S/c13-10(14)9-8(1-6-16-9)7-11-12-2-4-15-5-3-12/h1,6,11H,2-5,7H2,(H,13,14). The highest BCUT2D eigenvalue weighted by molar-refractivity contribution is 7.12. The van der Waals surface area contributed by atoms with Crippen molar-refractivity contribution in [1.29, 1.82) is 0 Å². The summed E-state index contributed by atoms with van der Waals surface area (Å²) in [5, 5.41) is 12.8. The summed E-state index contributed by atoms with van der Waals surface area (Å²) in [6.07, 6.45) is 0. The lowest BCUT2D eigenvalue weighted by Gasteiger charge is -2.27. The Hall–Kier alpha value is -0.950. The topological polar surface area (TPSA) is 61.8 Å². The van der Waals surface area contributed by atoms with Gasteiger partial charge in [-0.05, 0) is 17.0 Å². The van der Waals surface area contributed by atoms with Crippen molar-refractivity contribution in [3.63, 3.8) is 0 Å². The average Bonchev–Trinajstić information content (AvgIpc) is 2.76. The molecule has 1 saturated heterocycles. The number of nitrogens with zero attached hydrogens (tertiary/aromatic N) is 1. The summed E-state index contributed by atoms with van der Waals surface area (Å²) in [6, 6.07) is 1.85. The molecule has 5 nitrogen and oxygen atoms in total. The Morgan fingerprint density at radius 3 is 3.00 bits per heavy atom. The number of hydrogen-bond acceptors (Lipinski definition) is 5. The molecule has 2 heterocycles. The smallest absolute Gasteiger partial charge is 0.346 e. The SMILES string of the molecule is O=C(O)c1sccc1CNN1CCOCC1. The van der Waals surface area contributed by atoms with Crippen LogP contribution in [0.5, 0.6) is 0 Å². The molecular weight excluding hydrogens is 228 g/mol. The van der Waals surface area contributed by atoms with Gasteiger partial charge in [-0.25, -0.2) is 9.80 Å². The van der Waals surface area contributed by atoms with E-state index < -0.39 is 5.97 Å². The van der Waals surface area contributed by atoms with Crippen molar-refractivity contribution in [2.75, 3.05) is 26.3 Å². The van der Waals surface area contributed by atoms with Crippen LogP contribution in [0.15, 0.2) is 11.4 Å². The predicted molar refractivity (Wildman–Crippen MR) is 60.5 cm³/mol. The number of carboxylic acids is 1. The molecule has 0 saturated carbocycles. The zero-order valence-electron chi connectivity index (χ0n) is 8.81. The number of hydrazine groups is 1. The van der Waals surface area contributed by atoms with E-state index in [0.29, 0.717) is 11.4 Å². The molecule has 1 aromatic heterocycles. The molecule has 0 atom stereocenters. The Labute approximate surface area is 97.6 Å². The van der Waals surface area contributed by atoms with Crippen molar-refractivity contribution < 1.29 is 14.6 Å². The zero-order chi connectivity index (χ0) is 11.4. The van der Waals surface area contributed by atoms with E-state index in [0.717, 1.165) is 31.9 Å². The third-order valence-electron chi connectivity index (χ3n) is 2.45. The van der Waals surface area contributed by atoms with Gasteiger partial charge in [-0.2, -0.15) is 0 Å². The third-order valence-corrected chi connectivity index (χ3v) is 3.39. The van der Waals surface area contributed by atoms with Crippen molar-refractivity contribution in [3.8, 4) is 0 Å². The molecule has 2 rings (SSSR count). The van der Waals surface area contributed by atoms with Crippen LogP contribution in [0, 0.1) is 0 Å². The van der Waals surface area contributed by atoms with E-state index >= 15 is 0 Å². The molecule has 0 spiro atoms. The Morgan fingerprint density at radius 2 is 2.31 bits per heavy atom. The maximum atomic E-state index is 10.9. The molecule has 16 heavy (non-hydrogen) atoms. The molecule has 0 amide bonds. The number of ether oxygens (including phenoxy) is 1. The van der Waals surface area contributed by atoms with E-state index in [1.54, 1.807) is 5.38 Å². The highest BCUT2D eigenvalue weighted by atomic mass is 32.1. The van der Waals surface area contributed by atoms with Gasteiger partial charge < -0.3 is 9.84 Å². The minimum Gasteiger partial charge on any atom is -0.477 e. The van der Waals surface area contributed by atoms with Crippen LogP contribution < -0.4 is 5.43 Å². The predicted octanol–water partition coefficient (Wildman–Crippen LogP) is 0.783. The van der Waals surface area contributed by atoms with Gasteiger partial charge in [0.2, 0.25) is 0 Å². The maximum Gasteiger partial charge on any atom is 0.346 e. The average molecular weight is 242 g/mol. The fraction of sp³-hybridized carbons (Fsp3) is 0.500. The molecule has 1 aliphatic heterocycles. The number of rotatable bonds is 4. The number of thiophene rings is 1. The molecule has 6 heteroatoms. The van der Waals surface area contributed by atoms with E-state index in [-0.39, 0.29) is 0 Å². The molecule has 0 aromatic carbocycles. The highest BCUT2D eigenvalue weighted by Crippen LogP contribution is 2.16. The molecule has 2 N–H and O–H groups in total. The molecule has 88 valence electrons. The number of morpholine rings is 1. The van der Waals surface area contributed by atoms with Gasteiger partial charge >= 0.3 is 5.97 Å². The number of carboxylic acid groups (broad SMARTS) is 1. The largest absolute Gasteiger partial charge is 0.477 e. The Bertz CT molecular complexity index is 361. The summed E-state index contributed by atoms with van der Waals surface area (Å²) in [5.74, 6) is -0.853. The van der Waals surface area contributed by atoms with E-state index in [4.69, 9.17) is 9.84 Å². The highest BCUT2D eigenvalue weighted by Gasteiger charge is 2.14. The summed E-state index contributed by atoms with van der Waals surface area (Å²) in [4.78, 5) is 11.3. The lowest BCUT2D eigenvalue weighted by Crippen LogP contribution is -2.45. The first kappa shape index (κ1) is 11.5. The monoisotopic (exact) mass is 242 g/mol. The molecule has 0 radical (unpaired) electrons. The molecule has 0 unspecified atom stereocenters. The maximum absolute atomic E-state index is 10.9. The van der Waals surface area contributed by atoms with Crippen molar-refractivity contribution in [2.24, 2.45) is 0 Å². The Kier molecular flexibility index (Phi) is 3.89. The van der Waals surface area contributed by atoms with Gasteiger partial charge in [0.05, 0.1) is 13.2 Å². The Morgan fingerprint density at radius 1 is 1.56 bits per heavy atom. The van der Waals surface area contributed by atoms with E-state index in [9.17, 15) is 4.79 Å². The molecule has 0 bridgehead atoms. The van der Waals surface area contributed by atoms with E-state index in [2.05, 4.69) is 10.4 Å². The summed E-state index contributed by atoms with van der Waals surface area (Å²) < 4.78 is 5.22. The molecule has 1 aromatic rings. The first-order valence-corrected chi connectivity index (χ1v) is 6.01.